The summed E-state index contributed by atoms with van der Waals surface area (Å²) < 4.78 is 0. The number of amides is 3. The molecule has 3 amide bonds. The van der Waals surface area contributed by atoms with Crippen LogP contribution in [0.1, 0.15) is 6.42 Å². The first kappa shape index (κ1) is 22.0. The van der Waals surface area contributed by atoms with Gasteiger partial charge in [-0.2, -0.15) is 0 Å². The number of hydrogen-bond acceptors (Lipinski definition) is 3. The standard InChI is InChI=1S/C27H22Br2N2O3/c28-24-19-13-20(25(24)29)23-22(19)26(33)30(27(23)34)14-21(32)31(17-8-2-1-3-9-17)18-11-10-15-6-4-5-7-16(15)12-18/h1-12,19-20,22-25H,13-14H2/t19-,20-,22-,23+,24+,25+/m1/s1. The van der Waals surface area contributed by atoms with E-state index in [9.17, 15) is 14.4 Å². The fraction of sp³-hybridized carbons (Fsp3) is 0.296. The van der Waals surface area contributed by atoms with E-state index < -0.39 is 0 Å². The van der Waals surface area contributed by atoms with Crippen LogP contribution in [-0.2, 0) is 14.4 Å². The summed E-state index contributed by atoms with van der Waals surface area (Å²) in [5, 5.41) is 2.09. The molecule has 1 saturated heterocycles. The van der Waals surface area contributed by atoms with E-state index in [0.29, 0.717) is 11.4 Å². The lowest BCUT2D eigenvalue weighted by Gasteiger charge is -2.28. The minimum Gasteiger partial charge on any atom is -0.280 e. The smallest absolute Gasteiger partial charge is 0.251 e. The van der Waals surface area contributed by atoms with Crippen LogP contribution < -0.4 is 4.90 Å². The second-order valence-corrected chi connectivity index (χ2v) is 11.5. The summed E-state index contributed by atoms with van der Waals surface area (Å²) in [5.41, 5.74) is 1.40. The highest BCUT2D eigenvalue weighted by Gasteiger charge is 2.66. The molecule has 0 spiro atoms. The summed E-state index contributed by atoms with van der Waals surface area (Å²) in [4.78, 5) is 43.6. The number of alkyl halides is 2. The van der Waals surface area contributed by atoms with Gasteiger partial charge in [0.2, 0.25) is 11.8 Å². The van der Waals surface area contributed by atoms with Crippen molar-refractivity contribution in [2.75, 3.05) is 11.4 Å². The number of carbonyl (C=O) groups excluding carboxylic acids is 3. The van der Waals surface area contributed by atoms with Crippen molar-refractivity contribution in [2.24, 2.45) is 23.7 Å². The molecule has 3 fully saturated rings. The van der Waals surface area contributed by atoms with Gasteiger partial charge < -0.3 is 0 Å². The van der Waals surface area contributed by atoms with Gasteiger partial charge in [-0.05, 0) is 53.3 Å². The van der Waals surface area contributed by atoms with Crippen LogP contribution in [0.25, 0.3) is 10.8 Å². The zero-order chi connectivity index (χ0) is 23.6. The maximum atomic E-state index is 13.7. The Balaban J connectivity index is 1.33. The molecule has 1 aliphatic heterocycles. The molecule has 0 N–H and O–H groups in total. The molecule has 172 valence electrons. The van der Waals surface area contributed by atoms with Crippen LogP contribution in [0.5, 0.6) is 0 Å². The third-order valence-electron chi connectivity index (χ3n) is 7.63. The van der Waals surface area contributed by atoms with Gasteiger partial charge in [0, 0.05) is 21.0 Å². The zero-order valence-corrected chi connectivity index (χ0v) is 21.4. The van der Waals surface area contributed by atoms with Crippen LogP contribution >= 0.6 is 31.9 Å². The van der Waals surface area contributed by atoms with Crippen molar-refractivity contribution in [3.63, 3.8) is 0 Å². The molecule has 3 aromatic rings. The van der Waals surface area contributed by atoms with Gasteiger partial charge in [0.1, 0.15) is 6.54 Å². The molecule has 0 unspecified atom stereocenters. The summed E-state index contributed by atoms with van der Waals surface area (Å²) in [6.45, 7) is -0.258. The number of rotatable bonds is 4. The van der Waals surface area contributed by atoms with E-state index in [2.05, 4.69) is 31.9 Å². The Labute approximate surface area is 214 Å². The van der Waals surface area contributed by atoms with Gasteiger partial charge in [-0.15, -0.1) is 0 Å². The number of nitrogens with zero attached hydrogens (tertiary/aromatic N) is 2. The molecule has 3 aliphatic rings. The second kappa shape index (κ2) is 8.31. The number of hydrogen-bond donors (Lipinski definition) is 0. The first-order valence-corrected chi connectivity index (χ1v) is 13.3. The molecule has 7 heteroatoms. The maximum Gasteiger partial charge on any atom is 0.251 e. The maximum absolute atomic E-state index is 13.7. The predicted molar refractivity (Wildman–Crippen MR) is 138 cm³/mol. The molecule has 1 heterocycles. The third-order valence-corrected chi connectivity index (χ3v) is 10.8. The Hall–Kier alpha value is -2.51. The van der Waals surface area contributed by atoms with Gasteiger partial charge in [-0.3, -0.25) is 24.2 Å². The average Bonchev–Trinajstić information content (AvgIpc) is 3.46. The summed E-state index contributed by atoms with van der Waals surface area (Å²) in [5.74, 6) is -1.11. The molecule has 2 saturated carbocycles. The van der Waals surface area contributed by atoms with Crippen LogP contribution in [0, 0.1) is 23.7 Å². The van der Waals surface area contributed by atoms with Crippen LogP contribution in [-0.4, -0.2) is 38.8 Å². The molecule has 0 aromatic heterocycles. The lowest BCUT2D eigenvalue weighted by Crippen LogP contribution is -2.42. The highest BCUT2D eigenvalue weighted by atomic mass is 79.9. The summed E-state index contributed by atoms with van der Waals surface area (Å²) in [6, 6.07) is 23.2. The third kappa shape index (κ3) is 3.28. The first-order chi connectivity index (χ1) is 16.5. The molecule has 2 bridgehead atoms. The fourth-order valence-corrected chi connectivity index (χ4v) is 7.98. The van der Waals surface area contributed by atoms with Gasteiger partial charge in [-0.25, -0.2) is 0 Å². The molecule has 34 heavy (non-hydrogen) atoms. The molecule has 6 rings (SSSR count). The predicted octanol–water partition coefficient (Wildman–Crippen LogP) is 5.28. The number of imide groups is 1. The SMILES string of the molecule is O=C1[C@@H]2[C@H]3C[C@@H]([C@H](Br)[C@H]3Br)[C@@H]2C(=O)N1CC(=O)N(c1ccccc1)c1ccc2ccccc2c1. The van der Waals surface area contributed by atoms with Crippen molar-refractivity contribution in [3.05, 3.63) is 72.8 Å². The van der Waals surface area contributed by atoms with Crippen LogP contribution in [0.2, 0.25) is 0 Å². The first-order valence-electron chi connectivity index (χ1n) is 11.5. The van der Waals surface area contributed by atoms with Gasteiger partial charge in [0.15, 0.2) is 0 Å². The van der Waals surface area contributed by atoms with Crippen molar-refractivity contribution < 1.29 is 14.4 Å². The van der Waals surface area contributed by atoms with Crippen molar-refractivity contribution in [1.82, 2.24) is 4.90 Å². The molecular weight excluding hydrogens is 560 g/mol. The Morgan fingerprint density at radius 1 is 0.794 bits per heavy atom. The number of halogens is 2. The van der Waals surface area contributed by atoms with E-state index in [1.165, 1.54) is 4.90 Å². The fourth-order valence-electron chi connectivity index (χ4n) is 6.10. The largest absolute Gasteiger partial charge is 0.280 e. The average molecular weight is 582 g/mol. The quantitative estimate of drug-likeness (QED) is 0.311. The minimum absolute atomic E-state index is 0.127. The van der Waals surface area contributed by atoms with Crippen molar-refractivity contribution in [2.45, 2.75) is 16.1 Å². The Morgan fingerprint density at radius 3 is 2.03 bits per heavy atom. The number of fused-ring (bicyclic) bond motifs is 6. The van der Waals surface area contributed by atoms with Crippen molar-refractivity contribution >= 4 is 71.7 Å². The summed E-state index contributed by atoms with van der Waals surface area (Å²) >= 11 is 7.43. The molecule has 5 nitrogen and oxygen atoms in total. The topological polar surface area (TPSA) is 57.7 Å². The van der Waals surface area contributed by atoms with Gasteiger partial charge in [0.25, 0.3) is 5.91 Å². The molecule has 2 aliphatic carbocycles. The van der Waals surface area contributed by atoms with Gasteiger partial charge in [-0.1, -0.05) is 80.4 Å². The lowest BCUT2D eigenvalue weighted by molar-refractivity contribution is -0.143. The van der Waals surface area contributed by atoms with Crippen LogP contribution in [0.15, 0.2) is 72.8 Å². The van der Waals surface area contributed by atoms with Crippen LogP contribution in [0.4, 0.5) is 11.4 Å². The minimum atomic E-state index is -0.325. The monoisotopic (exact) mass is 580 g/mol. The van der Waals surface area contributed by atoms with Gasteiger partial charge >= 0.3 is 0 Å². The van der Waals surface area contributed by atoms with E-state index in [0.717, 1.165) is 17.2 Å². The van der Waals surface area contributed by atoms with E-state index in [4.69, 9.17) is 0 Å². The number of carbonyl (C=O) groups is 3. The molecule has 6 atom stereocenters. The number of anilines is 2. The van der Waals surface area contributed by atoms with Gasteiger partial charge in [0.05, 0.1) is 11.8 Å². The molecule has 3 aromatic carbocycles. The van der Waals surface area contributed by atoms with E-state index >= 15 is 0 Å². The Bertz CT molecular complexity index is 1280. The van der Waals surface area contributed by atoms with Crippen molar-refractivity contribution in [1.29, 1.82) is 0 Å². The lowest BCUT2D eigenvalue weighted by atomic mass is 9.81. The number of para-hydroxylation sites is 1. The molecular formula is C27H22Br2N2O3. The van der Waals surface area contributed by atoms with Crippen LogP contribution in [0.3, 0.4) is 0 Å². The van der Waals surface area contributed by atoms with E-state index in [1.54, 1.807) is 4.90 Å². The highest BCUT2D eigenvalue weighted by molar-refractivity contribution is 9.12. The zero-order valence-electron chi connectivity index (χ0n) is 18.2. The number of benzene rings is 3. The molecule has 0 radical (unpaired) electrons. The Kier molecular flexibility index (Phi) is 5.37. The normalized spacial score (nSPS) is 29.6. The summed E-state index contributed by atoms with van der Waals surface area (Å²) in [7, 11) is 0. The number of likely N-dealkylation sites (tertiary alicyclic amines) is 1. The van der Waals surface area contributed by atoms with Crippen molar-refractivity contribution in [3.8, 4) is 0 Å². The van der Waals surface area contributed by atoms with E-state index in [1.807, 2.05) is 72.8 Å². The second-order valence-electron chi connectivity index (χ2n) is 9.36. The van der Waals surface area contributed by atoms with E-state index in [-0.39, 0.29) is 57.6 Å². The highest BCUT2D eigenvalue weighted by Crippen LogP contribution is 2.60. The Morgan fingerprint density at radius 2 is 1.38 bits per heavy atom. The summed E-state index contributed by atoms with van der Waals surface area (Å²) in [6.07, 6.45) is 0.869.